The molecule has 2 N–H and O–H groups in total. The van der Waals surface area contributed by atoms with Crippen molar-refractivity contribution in [2.24, 2.45) is 11.7 Å². The second kappa shape index (κ2) is 8.97. The summed E-state index contributed by atoms with van der Waals surface area (Å²) in [5.41, 5.74) is 6.98. The normalized spacial score (nSPS) is 21.1. The third-order valence-corrected chi connectivity index (χ3v) is 5.13. The summed E-state index contributed by atoms with van der Waals surface area (Å²) < 4.78 is 0. The van der Waals surface area contributed by atoms with Crippen LogP contribution in [0.25, 0.3) is 0 Å². The van der Waals surface area contributed by atoms with Gasteiger partial charge in [0.2, 0.25) is 5.91 Å². The summed E-state index contributed by atoms with van der Waals surface area (Å²) >= 11 is 12.2. The van der Waals surface area contributed by atoms with E-state index in [-0.39, 0.29) is 24.4 Å². The molecule has 3 nitrogen and oxygen atoms in total. The van der Waals surface area contributed by atoms with Crippen LogP contribution < -0.4 is 5.73 Å². The van der Waals surface area contributed by atoms with Crippen LogP contribution in [-0.4, -0.2) is 23.9 Å². The molecule has 1 fully saturated rings. The van der Waals surface area contributed by atoms with Crippen LogP contribution in [0.15, 0.2) is 18.2 Å². The van der Waals surface area contributed by atoms with Gasteiger partial charge in [-0.15, -0.1) is 12.4 Å². The van der Waals surface area contributed by atoms with Crippen LogP contribution >= 0.6 is 35.6 Å². The highest BCUT2D eigenvalue weighted by Gasteiger charge is 2.25. The molecule has 2 atom stereocenters. The van der Waals surface area contributed by atoms with Gasteiger partial charge in [0.1, 0.15) is 0 Å². The van der Waals surface area contributed by atoms with E-state index in [0.717, 1.165) is 18.4 Å². The van der Waals surface area contributed by atoms with Crippen molar-refractivity contribution in [3.8, 4) is 0 Å². The summed E-state index contributed by atoms with van der Waals surface area (Å²) in [6.07, 6.45) is 4.96. The number of carbonyl (C=O) groups is 1. The summed E-state index contributed by atoms with van der Waals surface area (Å²) in [5, 5.41) is 1.04. The molecule has 1 amide bonds. The number of hydrogen-bond acceptors (Lipinski definition) is 2. The zero-order valence-corrected chi connectivity index (χ0v) is 15.1. The smallest absolute Gasteiger partial charge is 0.222 e. The molecule has 1 aromatic carbocycles. The topological polar surface area (TPSA) is 46.3 Å². The first-order valence-corrected chi connectivity index (χ1v) is 8.17. The predicted molar refractivity (Wildman–Crippen MR) is 94.7 cm³/mol. The highest BCUT2D eigenvalue weighted by Crippen LogP contribution is 2.28. The van der Waals surface area contributed by atoms with E-state index >= 15 is 0 Å². The molecule has 0 saturated heterocycles. The zero-order chi connectivity index (χ0) is 15.4. The number of hydrogen-bond donors (Lipinski definition) is 1. The van der Waals surface area contributed by atoms with Gasteiger partial charge in [-0.25, -0.2) is 0 Å². The predicted octanol–water partition coefficient (Wildman–Crippen LogP) is 4.28. The van der Waals surface area contributed by atoms with Crippen molar-refractivity contribution in [3.05, 3.63) is 33.8 Å². The van der Waals surface area contributed by atoms with Crippen molar-refractivity contribution in [1.29, 1.82) is 0 Å². The molecule has 2 rings (SSSR count). The minimum atomic E-state index is 0. The maximum absolute atomic E-state index is 12.4. The molecule has 1 aromatic rings. The van der Waals surface area contributed by atoms with Gasteiger partial charge in [0.05, 0.1) is 10.0 Å². The van der Waals surface area contributed by atoms with Gasteiger partial charge in [0.15, 0.2) is 0 Å². The monoisotopic (exact) mass is 364 g/mol. The Balaban J connectivity index is 0.00000242. The van der Waals surface area contributed by atoms with E-state index in [4.69, 9.17) is 28.9 Å². The molecule has 0 spiro atoms. The van der Waals surface area contributed by atoms with Crippen LogP contribution in [0.5, 0.6) is 0 Å². The van der Waals surface area contributed by atoms with Crippen LogP contribution in [0.3, 0.4) is 0 Å². The second-order valence-corrected chi connectivity index (χ2v) is 6.66. The Labute approximate surface area is 148 Å². The Kier molecular flexibility index (Phi) is 7.98. The maximum Gasteiger partial charge on any atom is 0.222 e. The van der Waals surface area contributed by atoms with Crippen molar-refractivity contribution in [3.63, 3.8) is 0 Å². The van der Waals surface area contributed by atoms with Gasteiger partial charge >= 0.3 is 0 Å². The molecule has 22 heavy (non-hydrogen) atoms. The number of benzene rings is 1. The average molecular weight is 366 g/mol. The summed E-state index contributed by atoms with van der Waals surface area (Å²) in [4.78, 5) is 14.1. The molecule has 1 saturated carbocycles. The molecule has 0 aliphatic heterocycles. The zero-order valence-electron chi connectivity index (χ0n) is 12.7. The van der Waals surface area contributed by atoms with E-state index in [0.29, 0.717) is 28.9 Å². The lowest BCUT2D eigenvalue weighted by atomic mass is 9.83. The number of rotatable bonds is 4. The number of halogens is 3. The third kappa shape index (κ3) is 5.02. The maximum atomic E-state index is 12.4. The first-order valence-electron chi connectivity index (χ1n) is 7.41. The van der Waals surface area contributed by atoms with Crippen molar-refractivity contribution >= 4 is 41.5 Å². The lowest BCUT2D eigenvalue weighted by Gasteiger charge is -2.29. The van der Waals surface area contributed by atoms with Crippen LogP contribution in [0.4, 0.5) is 0 Å². The molecule has 0 heterocycles. The third-order valence-electron chi connectivity index (χ3n) is 4.27. The summed E-state index contributed by atoms with van der Waals surface area (Å²) in [7, 11) is 1.80. The Morgan fingerprint density at radius 1 is 1.32 bits per heavy atom. The van der Waals surface area contributed by atoms with Crippen molar-refractivity contribution in [2.45, 2.75) is 44.7 Å². The lowest BCUT2D eigenvalue weighted by Crippen LogP contribution is -2.37. The average Bonchev–Trinajstić information content (AvgIpc) is 2.46. The number of carbonyl (C=O) groups excluding carboxylic acids is 1. The summed E-state index contributed by atoms with van der Waals surface area (Å²) in [5.74, 6) is 0.428. The fourth-order valence-corrected chi connectivity index (χ4v) is 3.26. The minimum absolute atomic E-state index is 0. The second-order valence-electron chi connectivity index (χ2n) is 5.88. The first kappa shape index (κ1) is 19.6. The minimum Gasteiger partial charge on any atom is -0.341 e. The highest BCUT2D eigenvalue weighted by molar-refractivity contribution is 6.42. The standard InChI is InChI=1S/C16H22Cl2N2O.ClH/c1-20(10-12-6-4-7-13(17)16(12)18)15(21)9-11-5-2-3-8-14(11)19;/h4,6-7,11,14H,2-3,5,8-10,19H2,1H3;1H. The number of amides is 1. The summed E-state index contributed by atoms with van der Waals surface area (Å²) in [6.45, 7) is 0.472. The molecule has 124 valence electrons. The Hall–Kier alpha value is -0.480. The summed E-state index contributed by atoms with van der Waals surface area (Å²) in [6, 6.07) is 5.64. The van der Waals surface area contributed by atoms with Crippen molar-refractivity contribution in [2.75, 3.05) is 7.05 Å². The van der Waals surface area contributed by atoms with Gasteiger partial charge in [-0.2, -0.15) is 0 Å². The molecule has 1 aliphatic rings. The van der Waals surface area contributed by atoms with Gasteiger partial charge in [-0.3, -0.25) is 4.79 Å². The Morgan fingerprint density at radius 2 is 2.00 bits per heavy atom. The van der Waals surface area contributed by atoms with E-state index in [9.17, 15) is 4.79 Å². The van der Waals surface area contributed by atoms with Crippen molar-refractivity contribution in [1.82, 2.24) is 4.90 Å². The Bertz CT molecular complexity index is 510. The molecular formula is C16H23Cl3N2O. The molecule has 1 aliphatic carbocycles. The van der Waals surface area contributed by atoms with Gasteiger partial charge in [-0.1, -0.05) is 48.2 Å². The fraction of sp³-hybridized carbons (Fsp3) is 0.562. The molecule has 0 bridgehead atoms. The SMILES string of the molecule is CN(Cc1cccc(Cl)c1Cl)C(=O)CC1CCCCC1N.Cl. The van der Waals surface area contributed by atoms with Crippen molar-refractivity contribution < 1.29 is 4.79 Å². The van der Waals surface area contributed by atoms with E-state index in [1.165, 1.54) is 12.8 Å². The van der Waals surface area contributed by atoms with Crippen LogP contribution in [0.2, 0.25) is 10.0 Å². The first-order chi connectivity index (χ1) is 9.99. The van der Waals surface area contributed by atoms with Crippen LogP contribution in [0, 0.1) is 5.92 Å². The highest BCUT2D eigenvalue weighted by atomic mass is 35.5. The van der Waals surface area contributed by atoms with Gasteiger partial charge in [0.25, 0.3) is 0 Å². The van der Waals surface area contributed by atoms with E-state index < -0.39 is 0 Å². The lowest BCUT2D eigenvalue weighted by molar-refractivity contribution is -0.131. The number of nitrogens with zero attached hydrogens (tertiary/aromatic N) is 1. The molecule has 2 unspecified atom stereocenters. The fourth-order valence-electron chi connectivity index (χ4n) is 2.88. The van der Waals surface area contributed by atoms with Gasteiger partial charge in [0, 0.05) is 26.1 Å². The molecule has 0 radical (unpaired) electrons. The van der Waals surface area contributed by atoms with Crippen LogP contribution in [0.1, 0.15) is 37.7 Å². The quantitative estimate of drug-likeness (QED) is 0.865. The van der Waals surface area contributed by atoms with Gasteiger partial charge in [-0.05, 0) is 30.4 Å². The molecule has 6 heteroatoms. The van der Waals surface area contributed by atoms with E-state index in [1.54, 1.807) is 18.0 Å². The van der Waals surface area contributed by atoms with Crippen LogP contribution in [-0.2, 0) is 11.3 Å². The molecular weight excluding hydrogens is 343 g/mol. The van der Waals surface area contributed by atoms with E-state index in [2.05, 4.69) is 0 Å². The largest absolute Gasteiger partial charge is 0.341 e. The Morgan fingerprint density at radius 3 is 2.68 bits per heavy atom. The van der Waals surface area contributed by atoms with E-state index in [1.807, 2.05) is 12.1 Å². The van der Waals surface area contributed by atoms with Gasteiger partial charge < -0.3 is 10.6 Å². The molecule has 0 aromatic heterocycles. The number of nitrogens with two attached hydrogens (primary N) is 1.